The number of rotatable bonds is 1. The minimum atomic E-state index is -0.891. The van der Waals surface area contributed by atoms with Gasteiger partial charge in [0.05, 0.1) is 0 Å². The molecule has 0 unspecified atom stereocenters. The van der Waals surface area contributed by atoms with Crippen molar-refractivity contribution in [1.82, 2.24) is 0 Å². The van der Waals surface area contributed by atoms with E-state index in [2.05, 4.69) is 0 Å². The molecule has 36 valence electrons. The molecule has 0 saturated carbocycles. The van der Waals surface area contributed by atoms with Crippen LogP contribution in [0.1, 0.15) is 8.35 Å². The van der Waals surface area contributed by atoms with Crippen LogP contribution in [0.2, 0.25) is 0 Å². The van der Waals surface area contributed by atoms with E-state index in [1.807, 2.05) is 0 Å². The minimum Gasteiger partial charge on any atom is -1.00 e. The molecule has 0 bridgehead atoms. The average molecular weight is 94.0 g/mol. The van der Waals surface area contributed by atoms with Gasteiger partial charge in [0.1, 0.15) is 0 Å². The van der Waals surface area contributed by atoms with Crippen LogP contribution in [0.15, 0.2) is 12.2 Å². The van der Waals surface area contributed by atoms with E-state index < -0.39 is 5.97 Å². The predicted molar refractivity (Wildman–Crippen MR) is 23.6 cm³/mol. The SMILES string of the molecule is CC=CC(=O)O.[H-].[Li+]. The van der Waals surface area contributed by atoms with Crippen molar-refractivity contribution in [3.05, 3.63) is 12.2 Å². The second-order valence-corrected chi connectivity index (χ2v) is 0.838. The van der Waals surface area contributed by atoms with E-state index in [1.165, 1.54) is 6.08 Å². The largest absolute Gasteiger partial charge is 1.00 e. The minimum absolute atomic E-state index is 0. The molecule has 0 aliphatic rings. The third-order valence-corrected chi connectivity index (χ3v) is 0.309. The first-order valence-corrected chi connectivity index (χ1v) is 1.63. The van der Waals surface area contributed by atoms with Crippen LogP contribution in [0.5, 0.6) is 0 Å². The summed E-state index contributed by atoms with van der Waals surface area (Å²) in [6, 6.07) is 0. The van der Waals surface area contributed by atoms with Crippen LogP contribution in [-0.2, 0) is 4.79 Å². The van der Waals surface area contributed by atoms with Gasteiger partial charge in [0.2, 0.25) is 0 Å². The van der Waals surface area contributed by atoms with Crippen molar-refractivity contribution in [1.29, 1.82) is 0 Å². The Bertz CT molecular complexity index is 82.1. The molecular formula is C4H7LiO2. The number of hydrogen-bond acceptors (Lipinski definition) is 1. The van der Waals surface area contributed by atoms with E-state index in [4.69, 9.17) is 5.11 Å². The average Bonchev–Trinajstić information content (AvgIpc) is 1.35. The van der Waals surface area contributed by atoms with Crippen LogP contribution >= 0.6 is 0 Å². The van der Waals surface area contributed by atoms with Gasteiger partial charge in [-0.3, -0.25) is 0 Å². The molecule has 0 heterocycles. The van der Waals surface area contributed by atoms with Gasteiger partial charge < -0.3 is 6.53 Å². The van der Waals surface area contributed by atoms with E-state index in [-0.39, 0.29) is 20.3 Å². The number of carboxylic acid groups (broad SMARTS) is 1. The Morgan fingerprint density at radius 1 is 1.86 bits per heavy atom. The van der Waals surface area contributed by atoms with Gasteiger partial charge in [-0.25, -0.2) is 4.79 Å². The third kappa shape index (κ3) is 10.7. The second-order valence-electron chi connectivity index (χ2n) is 0.838. The molecule has 7 heavy (non-hydrogen) atoms. The zero-order chi connectivity index (χ0) is 4.99. The number of hydrogen-bond donors (Lipinski definition) is 1. The van der Waals surface area contributed by atoms with Crippen molar-refractivity contribution in [3.63, 3.8) is 0 Å². The van der Waals surface area contributed by atoms with Gasteiger partial charge in [-0.15, -0.1) is 0 Å². The van der Waals surface area contributed by atoms with Crippen molar-refractivity contribution in [2.75, 3.05) is 0 Å². The molecule has 0 saturated heterocycles. The number of carbonyl (C=O) groups is 1. The Morgan fingerprint density at radius 2 is 2.29 bits per heavy atom. The summed E-state index contributed by atoms with van der Waals surface area (Å²) in [6.07, 6.45) is 2.56. The molecule has 3 heteroatoms. The number of aliphatic carboxylic acids is 1. The van der Waals surface area contributed by atoms with E-state index in [0.29, 0.717) is 0 Å². The van der Waals surface area contributed by atoms with Crippen LogP contribution in [-0.4, -0.2) is 11.1 Å². The summed E-state index contributed by atoms with van der Waals surface area (Å²) in [6.45, 7) is 1.66. The summed E-state index contributed by atoms with van der Waals surface area (Å²) in [4.78, 5) is 9.51. The Labute approximate surface area is 55.9 Å². The topological polar surface area (TPSA) is 37.3 Å². The van der Waals surface area contributed by atoms with Gasteiger partial charge in [0.15, 0.2) is 0 Å². The maximum atomic E-state index is 9.51. The normalized spacial score (nSPS) is 8.14. The van der Waals surface area contributed by atoms with Gasteiger partial charge in [0.25, 0.3) is 0 Å². The molecule has 0 atom stereocenters. The standard InChI is InChI=1S/C4H6O2.Li.H/c1-2-3-4(5)6;;/h2-3H,1H3,(H,5,6);;/q;+1;-1. The van der Waals surface area contributed by atoms with Gasteiger partial charge in [-0.2, -0.15) is 0 Å². The maximum Gasteiger partial charge on any atom is 1.00 e. The van der Waals surface area contributed by atoms with Gasteiger partial charge >= 0.3 is 24.8 Å². The summed E-state index contributed by atoms with van der Waals surface area (Å²) in [5.74, 6) is -0.891. The zero-order valence-electron chi connectivity index (χ0n) is 5.51. The molecule has 0 aromatic heterocycles. The molecule has 0 rings (SSSR count). The monoisotopic (exact) mass is 94.1 g/mol. The van der Waals surface area contributed by atoms with Crippen LogP contribution in [0, 0.1) is 0 Å². The molecule has 0 aliphatic carbocycles. The van der Waals surface area contributed by atoms with Crippen molar-refractivity contribution in [2.45, 2.75) is 6.92 Å². The zero-order valence-corrected chi connectivity index (χ0v) is 4.51. The fourth-order valence-corrected chi connectivity index (χ4v) is 0.143. The fourth-order valence-electron chi connectivity index (χ4n) is 0.143. The van der Waals surface area contributed by atoms with Gasteiger partial charge in [0, 0.05) is 6.08 Å². The summed E-state index contributed by atoms with van der Waals surface area (Å²) < 4.78 is 0. The quantitative estimate of drug-likeness (QED) is 0.295. The summed E-state index contributed by atoms with van der Waals surface area (Å²) >= 11 is 0. The van der Waals surface area contributed by atoms with Crippen LogP contribution < -0.4 is 18.9 Å². The first-order valence-electron chi connectivity index (χ1n) is 1.63. The van der Waals surface area contributed by atoms with Crippen LogP contribution in [0.3, 0.4) is 0 Å². The van der Waals surface area contributed by atoms with E-state index >= 15 is 0 Å². The molecule has 2 nitrogen and oxygen atoms in total. The molecule has 0 aliphatic heterocycles. The Hall–Kier alpha value is -0.193. The third-order valence-electron chi connectivity index (χ3n) is 0.309. The van der Waals surface area contributed by atoms with Gasteiger partial charge in [-0.05, 0) is 6.92 Å². The van der Waals surface area contributed by atoms with Crippen molar-refractivity contribution in [2.24, 2.45) is 0 Å². The number of allylic oxidation sites excluding steroid dienone is 1. The van der Waals surface area contributed by atoms with Crippen molar-refractivity contribution < 1.29 is 30.2 Å². The van der Waals surface area contributed by atoms with Crippen molar-refractivity contribution >= 4 is 5.97 Å². The Morgan fingerprint density at radius 3 is 2.29 bits per heavy atom. The Kier molecular flexibility index (Phi) is 8.24. The number of carboxylic acids is 1. The molecule has 0 aromatic rings. The predicted octanol–water partition coefficient (Wildman–Crippen LogP) is -2.24. The molecular weight excluding hydrogens is 87.0 g/mol. The molecule has 1 N–H and O–H groups in total. The fraction of sp³-hybridized carbons (Fsp3) is 0.250. The molecule has 0 spiro atoms. The molecule has 0 radical (unpaired) electrons. The molecule has 0 amide bonds. The first-order chi connectivity index (χ1) is 2.77. The summed E-state index contributed by atoms with van der Waals surface area (Å²) in [7, 11) is 0. The second kappa shape index (κ2) is 5.81. The molecule has 0 fully saturated rings. The van der Waals surface area contributed by atoms with E-state index in [1.54, 1.807) is 6.92 Å². The smallest absolute Gasteiger partial charge is 1.00 e. The van der Waals surface area contributed by atoms with Crippen LogP contribution in [0.4, 0.5) is 0 Å². The van der Waals surface area contributed by atoms with Gasteiger partial charge in [-0.1, -0.05) is 6.08 Å². The molecule has 0 aromatic carbocycles. The Balaban J connectivity index is -0.000000125. The van der Waals surface area contributed by atoms with Crippen LogP contribution in [0.25, 0.3) is 0 Å². The summed E-state index contributed by atoms with van der Waals surface area (Å²) in [5.41, 5.74) is 0. The van der Waals surface area contributed by atoms with Crippen molar-refractivity contribution in [3.8, 4) is 0 Å². The maximum absolute atomic E-state index is 9.51. The van der Waals surface area contributed by atoms with E-state index in [9.17, 15) is 4.79 Å². The first kappa shape index (κ1) is 9.93. The summed E-state index contributed by atoms with van der Waals surface area (Å²) in [5, 5.41) is 7.83. The van der Waals surface area contributed by atoms with E-state index in [0.717, 1.165) is 6.08 Å².